The van der Waals surface area contributed by atoms with E-state index in [9.17, 15) is 0 Å². The highest BCUT2D eigenvalue weighted by molar-refractivity contribution is 9.09. The molecule has 11 heavy (non-hydrogen) atoms. The van der Waals surface area contributed by atoms with E-state index in [2.05, 4.69) is 12.1 Å². The Labute approximate surface area is 78.5 Å². The summed E-state index contributed by atoms with van der Waals surface area (Å²) in [5, 5.41) is 16.8. The van der Waals surface area contributed by atoms with Crippen LogP contribution in [0.25, 0.3) is 0 Å². The molecule has 0 saturated carbocycles. The average molecular weight is 204 g/mol. The summed E-state index contributed by atoms with van der Waals surface area (Å²) in [6.07, 6.45) is 0. The van der Waals surface area contributed by atoms with Crippen molar-refractivity contribution in [3.8, 4) is 12.1 Å². The van der Waals surface area contributed by atoms with Crippen LogP contribution in [0.3, 0.4) is 0 Å². The SMILES string of the molecule is CC(C#N)SSSC(C)C#N. The summed E-state index contributed by atoms with van der Waals surface area (Å²) in [6.45, 7) is 3.69. The highest BCUT2D eigenvalue weighted by Crippen LogP contribution is 2.39. The Morgan fingerprint density at radius 2 is 1.36 bits per heavy atom. The Morgan fingerprint density at radius 3 is 1.64 bits per heavy atom. The molecule has 0 heterocycles. The van der Waals surface area contributed by atoms with E-state index in [1.807, 2.05) is 13.8 Å². The van der Waals surface area contributed by atoms with Gasteiger partial charge in [0.1, 0.15) is 0 Å². The van der Waals surface area contributed by atoms with Crippen LogP contribution in [0.2, 0.25) is 0 Å². The van der Waals surface area contributed by atoms with Gasteiger partial charge in [-0.1, -0.05) is 21.6 Å². The van der Waals surface area contributed by atoms with Gasteiger partial charge in [0, 0.05) is 0 Å². The largest absolute Gasteiger partial charge is 0.197 e. The first-order valence-corrected chi connectivity index (χ1v) is 6.59. The first-order valence-electron chi connectivity index (χ1n) is 2.98. The fraction of sp³-hybridized carbons (Fsp3) is 0.667. The molecule has 0 aromatic rings. The quantitative estimate of drug-likeness (QED) is 0.659. The third-order valence-corrected chi connectivity index (χ3v) is 5.29. The minimum Gasteiger partial charge on any atom is -0.197 e. The van der Waals surface area contributed by atoms with Crippen molar-refractivity contribution in [3.05, 3.63) is 0 Å². The number of hydrogen-bond acceptors (Lipinski definition) is 5. The maximum absolute atomic E-state index is 8.40. The van der Waals surface area contributed by atoms with Crippen LogP contribution in [-0.2, 0) is 0 Å². The van der Waals surface area contributed by atoms with E-state index in [0.29, 0.717) is 0 Å². The van der Waals surface area contributed by atoms with Crippen molar-refractivity contribution < 1.29 is 0 Å². The van der Waals surface area contributed by atoms with Gasteiger partial charge in [0.2, 0.25) is 0 Å². The second kappa shape index (κ2) is 6.72. The van der Waals surface area contributed by atoms with Crippen LogP contribution in [0.4, 0.5) is 0 Å². The lowest BCUT2D eigenvalue weighted by Crippen LogP contribution is -1.87. The summed E-state index contributed by atoms with van der Waals surface area (Å²) in [6, 6.07) is 4.21. The van der Waals surface area contributed by atoms with E-state index >= 15 is 0 Å². The maximum Gasteiger partial charge on any atom is 0.1000 e. The van der Waals surface area contributed by atoms with E-state index in [1.165, 1.54) is 31.4 Å². The van der Waals surface area contributed by atoms with E-state index in [-0.39, 0.29) is 10.5 Å². The summed E-state index contributed by atoms with van der Waals surface area (Å²) < 4.78 is 0. The lowest BCUT2D eigenvalue weighted by Gasteiger charge is -2.00. The van der Waals surface area contributed by atoms with Crippen molar-refractivity contribution in [2.45, 2.75) is 24.3 Å². The third-order valence-electron chi connectivity index (χ3n) is 0.731. The number of nitrogens with zero attached hydrogens (tertiary/aromatic N) is 2. The van der Waals surface area contributed by atoms with Crippen molar-refractivity contribution in [1.82, 2.24) is 0 Å². The molecule has 0 rings (SSSR count). The smallest absolute Gasteiger partial charge is 0.1000 e. The van der Waals surface area contributed by atoms with Gasteiger partial charge in [-0.25, -0.2) is 0 Å². The van der Waals surface area contributed by atoms with Gasteiger partial charge in [-0.05, 0) is 23.7 Å². The van der Waals surface area contributed by atoms with E-state index in [1.54, 1.807) is 0 Å². The molecule has 0 radical (unpaired) electrons. The molecule has 0 amide bonds. The van der Waals surface area contributed by atoms with Crippen LogP contribution >= 0.6 is 31.4 Å². The van der Waals surface area contributed by atoms with Crippen LogP contribution in [0, 0.1) is 22.7 Å². The third kappa shape index (κ3) is 6.43. The van der Waals surface area contributed by atoms with Gasteiger partial charge in [-0.2, -0.15) is 10.5 Å². The van der Waals surface area contributed by atoms with Crippen molar-refractivity contribution in [3.63, 3.8) is 0 Å². The summed E-state index contributed by atoms with van der Waals surface area (Å²) in [5.41, 5.74) is 0. The minimum atomic E-state index is -0.00149. The predicted molar refractivity (Wildman–Crippen MR) is 52.9 cm³/mol. The molecule has 0 N–H and O–H groups in total. The topological polar surface area (TPSA) is 47.6 Å². The first-order chi connectivity index (χ1) is 5.20. The zero-order valence-corrected chi connectivity index (χ0v) is 8.72. The molecule has 0 fully saturated rings. The Kier molecular flexibility index (Phi) is 6.74. The Bertz CT molecular complexity index is 161. The van der Waals surface area contributed by atoms with E-state index < -0.39 is 0 Å². The number of rotatable bonds is 4. The zero-order chi connectivity index (χ0) is 8.69. The monoisotopic (exact) mass is 204 g/mol. The molecule has 2 atom stereocenters. The summed E-state index contributed by atoms with van der Waals surface area (Å²) >= 11 is 0. The molecule has 2 nitrogen and oxygen atoms in total. The first kappa shape index (κ1) is 11.0. The minimum absolute atomic E-state index is 0.00149. The molecular weight excluding hydrogens is 196 g/mol. The van der Waals surface area contributed by atoms with E-state index in [0.717, 1.165) is 0 Å². The van der Waals surface area contributed by atoms with Gasteiger partial charge in [0.05, 0.1) is 22.6 Å². The van der Waals surface area contributed by atoms with Crippen molar-refractivity contribution in [1.29, 1.82) is 10.5 Å². The Hall–Kier alpha value is 0.0300. The molecule has 0 aromatic carbocycles. The standard InChI is InChI=1S/C6H8N2S3/c1-5(3-7)9-11-10-6(2)4-8/h5-6H,1-2H3. The van der Waals surface area contributed by atoms with Gasteiger partial charge in [-0.3, -0.25) is 0 Å². The van der Waals surface area contributed by atoms with Gasteiger partial charge < -0.3 is 0 Å². The van der Waals surface area contributed by atoms with Crippen molar-refractivity contribution >= 4 is 31.4 Å². The Balaban J connectivity index is 3.30. The zero-order valence-electron chi connectivity index (χ0n) is 6.27. The van der Waals surface area contributed by atoms with Gasteiger partial charge in [0.25, 0.3) is 0 Å². The molecule has 0 aromatic heterocycles. The molecular formula is C6H8N2S3. The fourth-order valence-corrected chi connectivity index (χ4v) is 4.18. The molecule has 0 aliphatic heterocycles. The summed E-state index contributed by atoms with van der Waals surface area (Å²) in [5.74, 6) is 0. The number of hydrogen-bond donors (Lipinski definition) is 0. The molecule has 0 saturated heterocycles. The van der Waals surface area contributed by atoms with E-state index in [4.69, 9.17) is 10.5 Å². The fourth-order valence-electron chi connectivity index (χ4n) is 0.184. The predicted octanol–water partition coefficient (Wildman–Crippen LogP) is 2.84. The Morgan fingerprint density at radius 1 is 1.00 bits per heavy atom. The second-order valence-electron chi connectivity index (χ2n) is 1.80. The molecule has 0 aliphatic rings. The van der Waals surface area contributed by atoms with Crippen LogP contribution in [0.1, 0.15) is 13.8 Å². The van der Waals surface area contributed by atoms with Gasteiger partial charge in [-0.15, -0.1) is 0 Å². The lowest BCUT2D eigenvalue weighted by molar-refractivity contribution is 1.25. The van der Waals surface area contributed by atoms with Gasteiger partial charge >= 0.3 is 0 Å². The normalized spacial score (nSPS) is 14.5. The molecule has 0 bridgehead atoms. The van der Waals surface area contributed by atoms with Crippen molar-refractivity contribution in [2.24, 2.45) is 0 Å². The van der Waals surface area contributed by atoms with Crippen LogP contribution < -0.4 is 0 Å². The highest BCUT2D eigenvalue weighted by atomic mass is 33.5. The second-order valence-corrected chi connectivity index (χ2v) is 6.53. The maximum atomic E-state index is 8.40. The lowest BCUT2D eigenvalue weighted by atomic mass is 10.5. The van der Waals surface area contributed by atoms with Crippen LogP contribution in [-0.4, -0.2) is 10.5 Å². The molecule has 0 spiro atoms. The van der Waals surface area contributed by atoms with Gasteiger partial charge in [0.15, 0.2) is 0 Å². The van der Waals surface area contributed by atoms with Crippen LogP contribution in [0.5, 0.6) is 0 Å². The summed E-state index contributed by atoms with van der Waals surface area (Å²) in [4.78, 5) is 0. The summed E-state index contributed by atoms with van der Waals surface area (Å²) in [7, 11) is 4.48. The molecule has 60 valence electrons. The number of nitriles is 2. The highest BCUT2D eigenvalue weighted by Gasteiger charge is 2.04. The van der Waals surface area contributed by atoms with Crippen LogP contribution in [0.15, 0.2) is 0 Å². The molecule has 2 unspecified atom stereocenters. The molecule has 0 aliphatic carbocycles. The molecule has 5 heteroatoms. The van der Waals surface area contributed by atoms with Crippen molar-refractivity contribution in [2.75, 3.05) is 0 Å². The average Bonchev–Trinajstić information content (AvgIpc) is 2.04.